The number of likely N-dealkylation sites (N-methyl/N-ethyl adjacent to an activating group) is 2. The van der Waals surface area contributed by atoms with Crippen LogP contribution in [0.5, 0.6) is 0 Å². The smallest absolute Gasteiger partial charge is 0.373 e. The van der Waals surface area contributed by atoms with Crippen LogP contribution < -0.4 is 10.6 Å². The average Bonchev–Trinajstić information content (AvgIpc) is 2.34. The maximum atomic E-state index is 13.3. The van der Waals surface area contributed by atoms with Crippen molar-refractivity contribution in [2.24, 2.45) is 5.73 Å². The number of hydrogen-bond acceptors (Lipinski definition) is 3. The molecule has 0 bridgehead atoms. The van der Waals surface area contributed by atoms with E-state index in [0.29, 0.717) is 25.1 Å². The fraction of sp³-hybridized carbons (Fsp3) is 0.600. The fourth-order valence-electron chi connectivity index (χ4n) is 2.11. The van der Waals surface area contributed by atoms with Crippen LogP contribution in [0.3, 0.4) is 0 Å². The third-order valence-electron chi connectivity index (χ3n) is 3.22. The summed E-state index contributed by atoms with van der Waals surface area (Å²) in [7, 11) is 5.47. The zero-order valence-electron chi connectivity index (χ0n) is 13.0. The topological polar surface area (TPSA) is 32.5 Å². The molecular weight excluding hydrogens is 279 g/mol. The molecule has 0 saturated heterocycles. The van der Waals surface area contributed by atoms with Crippen molar-refractivity contribution in [3.63, 3.8) is 0 Å². The zero-order valence-corrected chi connectivity index (χ0v) is 13.0. The molecule has 1 aromatic carbocycles. The summed E-state index contributed by atoms with van der Waals surface area (Å²) in [6.45, 7) is 3.00. The van der Waals surface area contributed by atoms with Gasteiger partial charge in [0.25, 0.3) is 0 Å². The predicted octanol–water partition coefficient (Wildman–Crippen LogP) is 2.59. The first-order valence-electron chi connectivity index (χ1n) is 6.93. The van der Waals surface area contributed by atoms with Crippen molar-refractivity contribution < 1.29 is 13.2 Å². The van der Waals surface area contributed by atoms with Crippen LogP contribution in [0.4, 0.5) is 18.9 Å². The van der Waals surface area contributed by atoms with Gasteiger partial charge < -0.3 is 15.5 Å². The first kappa shape index (κ1) is 17.8. The van der Waals surface area contributed by atoms with Gasteiger partial charge in [0.15, 0.2) is 0 Å². The molecule has 0 aliphatic carbocycles. The number of nitrogens with two attached hydrogens (primary N) is 1. The molecule has 6 heteroatoms. The summed E-state index contributed by atoms with van der Waals surface area (Å²) < 4.78 is 39.8. The molecule has 0 amide bonds. The van der Waals surface area contributed by atoms with Gasteiger partial charge >= 0.3 is 6.18 Å². The molecule has 1 unspecified atom stereocenters. The van der Waals surface area contributed by atoms with Gasteiger partial charge in [0, 0.05) is 31.9 Å². The molecule has 1 aromatic rings. The van der Waals surface area contributed by atoms with Crippen LogP contribution in [0, 0.1) is 0 Å². The molecule has 1 atom stereocenters. The molecule has 0 radical (unpaired) electrons. The maximum absolute atomic E-state index is 13.3. The van der Waals surface area contributed by atoms with Gasteiger partial charge in [0.05, 0.1) is 5.56 Å². The van der Waals surface area contributed by atoms with Crippen LogP contribution in [0.2, 0.25) is 0 Å². The van der Waals surface area contributed by atoms with E-state index in [0.717, 1.165) is 0 Å². The number of alkyl halides is 3. The van der Waals surface area contributed by atoms with Gasteiger partial charge in [-0.3, -0.25) is 0 Å². The molecule has 3 nitrogen and oxygen atoms in total. The number of anilines is 1. The average molecular weight is 303 g/mol. The Kier molecular flexibility index (Phi) is 6.04. The Bertz CT molecular complexity index is 456. The van der Waals surface area contributed by atoms with E-state index in [2.05, 4.69) is 0 Å². The highest BCUT2D eigenvalue weighted by atomic mass is 19.4. The summed E-state index contributed by atoms with van der Waals surface area (Å²) in [6, 6.07) is 4.31. The van der Waals surface area contributed by atoms with E-state index in [4.69, 9.17) is 5.73 Å². The molecule has 0 aliphatic rings. The van der Waals surface area contributed by atoms with Gasteiger partial charge in [-0.2, -0.15) is 13.2 Å². The summed E-state index contributed by atoms with van der Waals surface area (Å²) in [5.41, 5.74) is 5.89. The lowest BCUT2D eigenvalue weighted by Gasteiger charge is -2.25. The first-order chi connectivity index (χ1) is 9.61. The Morgan fingerprint density at radius 2 is 1.76 bits per heavy atom. The number of hydrogen-bond donors (Lipinski definition) is 1. The zero-order chi connectivity index (χ0) is 16.2. The molecule has 0 heterocycles. The van der Waals surface area contributed by atoms with Crippen LogP contribution in [-0.4, -0.2) is 45.2 Å². The third kappa shape index (κ3) is 5.55. The molecule has 0 fully saturated rings. The van der Waals surface area contributed by atoms with E-state index in [1.165, 1.54) is 12.1 Å². The van der Waals surface area contributed by atoms with Crippen LogP contribution in [0.15, 0.2) is 18.2 Å². The molecule has 0 spiro atoms. The lowest BCUT2D eigenvalue weighted by Crippen LogP contribution is -2.30. The standard InChI is InChI=1S/C15H24F3N3/c1-11(19)9-12-5-6-14(13(10-12)15(16,17)18)21(4)8-7-20(2)3/h5-6,10-11H,7-9,19H2,1-4H3. The lowest BCUT2D eigenvalue weighted by molar-refractivity contribution is -0.137. The van der Waals surface area contributed by atoms with Gasteiger partial charge in [-0.05, 0) is 45.1 Å². The highest BCUT2D eigenvalue weighted by Gasteiger charge is 2.34. The Hall–Kier alpha value is -1.27. The van der Waals surface area contributed by atoms with Gasteiger partial charge in [0.2, 0.25) is 0 Å². The maximum Gasteiger partial charge on any atom is 0.418 e. The van der Waals surface area contributed by atoms with Crippen LogP contribution >= 0.6 is 0 Å². The lowest BCUT2D eigenvalue weighted by atomic mass is 10.0. The first-order valence-corrected chi connectivity index (χ1v) is 6.93. The third-order valence-corrected chi connectivity index (χ3v) is 3.22. The van der Waals surface area contributed by atoms with E-state index >= 15 is 0 Å². The van der Waals surface area contributed by atoms with Gasteiger partial charge in [0.1, 0.15) is 0 Å². The van der Waals surface area contributed by atoms with Crippen molar-refractivity contribution in [2.75, 3.05) is 39.1 Å². The quantitative estimate of drug-likeness (QED) is 0.877. The molecule has 1 rings (SSSR count). The van der Waals surface area contributed by atoms with Crippen molar-refractivity contribution in [1.82, 2.24) is 4.90 Å². The molecular formula is C15H24F3N3. The van der Waals surface area contributed by atoms with Crippen LogP contribution in [-0.2, 0) is 12.6 Å². The van der Waals surface area contributed by atoms with E-state index in [9.17, 15) is 13.2 Å². The second-order valence-corrected chi connectivity index (χ2v) is 5.76. The van der Waals surface area contributed by atoms with Crippen molar-refractivity contribution >= 4 is 5.69 Å². The fourth-order valence-corrected chi connectivity index (χ4v) is 2.11. The second-order valence-electron chi connectivity index (χ2n) is 5.76. The number of rotatable bonds is 6. The largest absolute Gasteiger partial charge is 0.418 e. The van der Waals surface area contributed by atoms with Gasteiger partial charge in [-0.25, -0.2) is 0 Å². The Labute approximate surface area is 124 Å². The molecule has 2 N–H and O–H groups in total. The SMILES string of the molecule is CC(N)Cc1ccc(N(C)CCN(C)C)c(C(F)(F)F)c1. The minimum atomic E-state index is -4.37. The second kappa shape index (κ2) is 7.13. The highest BCUT2D eigenvalue weighted by Crippen LogP contribution is 2.37. The minimum absolute atomic E-state index is 0.164. The summed E-state index contributed by atoms with van der Waals surface area (Å²) in [4.78, 5) is 3.58. The van der Waals surface area contributed by atoms with Crippen molar-refractivity contribution in [3.05, 3.63) is 29.3 Å². The van der Waals surface area contributed by atoms with Crippen molar-refractivity contribution in [1.29, 1.82) is 0 Å². The molecule has 0 saturated carbocycles. The Morgan fingerprint density at radius 3 is 2.24 bits per heavy atom. The van der Waals surface area contributed by atoms with E-state index in [1.807, 2.05) is 19.0 Å². The normalized spacial score (nSPS) is 13.6. The Morgan fingerprint density at radius 1 is 1.14 bits per heavy atom. The Balaban J connectivity index is 3.07. The van der Waals surface area contributed by atoms with Crippen LogP contribution in [0.1, 0.15) is 18.1 Å². The summed E-state index contributed by atoms with van der Waals surface area (Å²) >= 11 is 0. The minimum Gasteiger partial charge on any atom is -0.373 e. The summed E-state index contributed by atoms with van der Waals surface area (Å²) in [6.07, 6.45) is -3.93. The van der Waals surface area contributed by atoms with E-state index in [-0.39, 0.29) is 11.7 Å². The molecule has 0 aliphatic heterocycles. The van der Waals surface area contributed by atoms with Crippen LogP contribution in [0.25, 0.3) is 0 Å². The predicted molar refractivity (Wildman–Crippen MR) is 80.6 cm³/mol. The summed E-state index contributed by atoms with van der Waals surface area (Å²) in [5, 5.41) is 0. The van der Waals surface area contributed by atoms with Gasteiger partial charge in [-0.1, -0.05) is 6.07 Å². The number of nitrogens with zero attached hydrogens (tertiary/aromatic N) is 2. The van der Waals surface area contributed by atoms with Gasteiger partial charge in [-0.15, -0.1) is 0 Å². The van der Waals surface area contributed by atoms with Crippen molar-refractivity contribution in [3.8, 4) is 0 Å². The van der Waals surface area contributed by atoms with E-state index in [1.54, 1.807) is 24.9 Å². The molecule has 0 aromatic heterocycles. The van der Waals surface area contributed by atoms with E-state index < -0.39 is 11.7 Å². The van der Waals surface area contributed by atoms with Crippen molar-refractivity contribution in [2.45, 2.75) is 25.6 Å². The monoisotopic (exact) mass is 303 g/mol. The number of halogens is 3. The molecule has 120 valence electrons. The highest BCUT2D eigenvalue weighted by molar-refractivity contribution is 5.56. The number of benzene rings is 1. The summed E-state index contributed by atoms with van der Waals surface area (Å²) in [5.74, 6) is 0. The molecule has 21 heavy (non-hydrogen) atoms.